The quantitative estimate of drug-likeness (QED) is 0.653. The highest BCUT2D eigenvalue weighted by Crippen LogP contribution is 2.33. The number of carbonyl (C=O) groups is 1. The molecule has 4 rings (SSSR count). The Morgan fingerprint density at radius 1 is 1.33 bits per heavy atom. The SMILES string of the molecule is COc1ccc2c(c1)CC(C(=O)Nc1ccc(-c3cn[nH]c3)cc1OCC#N)CO2. The van der Waals surface area contributed by atoms with Crippen molar-refractivity contribution in [2.45, 2.75) is 6.42 Å². The van der Waals surface area contributed by atoms with E-state index in [0.29, 0.717) is 17.9 Å². The first kappa shape index (κ1) is 19.3. The van der Waals surface area contributed by atoms with E-state index in [1.807, 2.05) is 30.3 Å². The second kappa shape index (κ2) is 8.57. The number of fused-ring (bicyclic) bond motifs is 1. The van der Waals surface area contributed by atoms with Crippen molar-refractivity contribution in [2.24, 2.45) is 5.92 Å². The van der Waals surface area contributed by atoms with E-state index in [2.05, 4.69) is 15.5 Å². The van der Waals surface area contributed by atoms with Crippen molar-refractivity contribution in [2.75, 3.05) is 25.6 Å². The summed E-state index contributed by atoms with van der Waals surface area (Å²) in [4.78, 5) is 12.9. The minimum Gasteiger partial charge on any atom is -0.497 e. The number of carbonyl (C=O) groups excluding carboxylic acids is 1. The van der Waals surface area contributed by atoms with Crippen LogP contribution in [0.25, 0.3) is 11.1 Å². The molecule has 30 heavy (non-hydrogen) atoms. The average molecular weight is 404 g/mol. The highest BCUT2D eigenvalue weighted by molar-refractivity contribution is 5.95. The van der Waals surface area contributed by atoms with Crippen molar-refractivity contribution in [3.63, 3.8) is 0 Å². The molecule has 2 N–H and O–H groups in total. The van der Waals surface area contributed by atoms with Gasteiger partial charge in [0.2, 0.25) is 5.91 Å². The van der Waals surface area contributed by atoms with Crippen LogP contribution in [0.15, 0.2) is 48.8 Å². The summed E-state index contributed by atoms with van der Waals surface area (Å²) in [5, 5.41) is 18.5. The van der Waals surface area contributed by atoms with Gasteiger partial charge in [0.15, 0.2) is 6.61 Å². The van der Waals surface area contributed by atoms with Crippen LogP contribution >= 0.6 is 0 Å². The second-order valence-corrected chi connectivity index (χ2v) is 6.82. The van der Waals surface area contributed by atoms with Crippen LogP contribution in [0, 0.1) is 17.2 Å². The van der Waals surface area contributed by atoms with Crippen molar-refractivity contribution >= 4 is 11.6 Å². The van der Waals surface area contributed by atoms with E-state index in [-0.39, 0.29) is 25.0 Å². The lowest BCUT2D eigenvalue weighted by Crippen LogP contribution is -2.32. The normalized spacial score (nSPS) is 14.7. The lowest BCUT2D eigenvalue weighted by Gasteiger charge is -2.25. The molecule has 0 spiro atoms. The summed E-state index contributed by atoms with van der Waals surface area (Å²) < 4.78 is 16.6. The number of methoxy groups -OCH3 is 1. The first-order valence-electron chi connectivity index (χ1n) is 9.41. The molecule has 8 nitrogen and oxygen atoms in total. The van der Waals surface area contributed by atoms with Crippen LogP contribution in [0.2, 0.25) is 0 Å². The van der Waals surface area contributed by atoms with Crippen LogP contribution in [0.3, 0.4) is 0 Å². The van der Waals surface area contributed by atoms with Gasteiger partial charge in [-0.3, -0.25) is 9.89 Å². The fourth-order valence-corrected chi connectivity index (χ4v) is 3.34. The zero-order chi connectivity index (χ0) is 20.9. The first-order valence-corrected chi connectivity index (χ1v) is 9.41. The summed E-state index contributed by atoms with van der Waals surface area (Å²) in [6.45, 7) is 0.157. The smallest absolute Gasteiger partial charge is 0.231 e. The van der Waals surface area contributed by atoms with Gasteiger partial charge in [0.25, 0.3) is 0 Å². The second-order valence-electron chi connectivity index (χ2n) is 6.82. The fraction of sp³-hybridized carbons (Fsp3) is 0.227. The molecule has 2 heterocycles. The molecule has 1 aliphatic heterocycles. The Bertz CT molecular complexity index is 1090. The standard InChI is InChI=1S/C22H20N4O4/c1-28-18-3-5-20-15(9-18)8-16(13-30-20)22(27)26-19-4-2-14(17-11-24-25-12-17)10-21(19)29-7-6-23/h2-5,9-12,16H,7-8,13H2,1H3,(H,24,25)(H,26,27). The Balaban J connectivity index is 1.53. The van der Waals surface area contributed by atoms with Gasteiger partial charge in [-0.15, -0.1) is 0 Å². The topological polar surface area (TPSA) is 109 Å². The summed E-state index contributed by atoms with van der Waals surface area (Å²) >= 11 is 0. The number of nitrogens with zero attached hydrogens (tertiary/aromatic N) is 2. The van der Waals surface area contributed by atoms with Gasteiger partial charge < -0.3 is 19.5 Å². The van der Waals surface area contributed by atoms with E-state index in [0.717, 1.165) is 28.2 Å². The van der Waals surface area contributed by atoms with E-state index in [9.17, 15) is 4.79 Å². The number of aromatic amines is 1. The number of nitrogens with one attached hydrogen (secondary N) is 2. The number of H-pyrrole nitrogens is 1. The number of benzene rings is 2. The van der Waals surface area contributed by atoms with Crippen LogP contribution in [-0.2, 0) is 11.2 Å². The molecule has 2 aromatic carbocycles. The van der Waals surface area contributed by atoms with Gasteiger partial charge in [0, 0.05) is 11.8 Å². The summed E-state index contributed by atoms with van der Waals surface area (Å²) in [5.41, 5.74) is 3.16. The van der Waals surface area contributed by atoms with E-state index >= 15 is 0 Å². The third-order valence-electron chi connectivity index (χ3n) is 4.91. The third-order valence-corrected chi connectivity index (χ3v) is 4.91. The number of aromatic nitrogens is 2. The predicted molar refractivity (Wildman–Crippen MR) is 109 cm³/mol. The summed E-state index contributed by atoms with van der Waals surface area (Å²) in [6, 6.07) is 12.9. The zero-order valence-electron chi connectivity index (χ0n) is 16.3. The Hall–Kier alpha value is -3.99. The summed E-state index contributed by atoms with van der Waals surface area (Å²) in [7, 11) is 1.60. The number of hydrogen-bond acceptors (Lipinski definition) is 6. The molecule has 1 amide bonds. The maximum absolute atomic E-state index is 12.9. The van der Waals surface area contributed by atoms with Crippen LogP contribution in [0.4, 0.5) is 5.69 Å². The van der Waals surface area contributed by atoms with Crippen molar-refractivity contribution in [3.8, 4) is 34.4 Å². The molecular formula is C22H20N4O4. The number of hydrogen-bond donors (Lipinski definition) is 2. The van der Waals surface area contributed by atoms with Gasteiger partial charge in [-0.2, -0.15) is 10.4 Å². The number of ether oxygens (including phenoxy) is 3. The highest BCUT2D eigenvalue weighted by Gasteiger charge is 2.27. The van der Waals surface area contributed by atoms with Gasteiger partial charge in [-0.1, -0.05) is 6.07 Å². The van der Waals surface area contributed by atoms with Crippen molar-refractivity contribution < 1.29 is 19.0 Å². The number of nitriles is 1. The summed E-state index contributed by atoms with van der Waals surface area (Å²) in [6.07, 6.45) is 3.99. The van der Waals surface area contributed by atoms with Gasteiger partial charge in [0.1, 0.15) is 29.9 Å². The molecule has 0 aliphatic carbocycles. The number of anilines is 1. The largest absolute Gasteiger partial charge is 0.497 e. The molecule has 1 unspecified atom stereocenters. The van der Waals surface area contributed by atoms with Crippen LogP contribution in [0.1, 0.15) is 5.56 Å². The highest BCUT2D eigenvalue weighted by atomic mass is 16.5. The average Bonchev–Trinajstić information content (AvgIpc) is 3.32. The maximum atomic E-state index is 12.9. The molecule has 152 valence electrons. The Kier molecular flexibility index (Phi) is 5.52. The number of rotatable bonds is 6. The lowest BCUT2D eigenvalue weighted by molar-refractivity contribution is -0.121. The first-order chi connectivity index (χ1) is 14.7. The minimum absolute atomic E-state index is 0.128. The zero-order valence-corrected chi connectivity index (χ0v) is 16.3. The molecule has 1 aliphatic rings. The fourth-order valence-electron chi connectivity index (χ4n) is 3.34. The lowest BCUT2D eigenvalue weighted by atomic mass is 9.95. The van der Waals surface area contributed by atoms with Crippen molar-refractivity contribution in [1.82, 2.24) is 10.2 Å². The van der Waals surface area contributed by atoms with E-state index in [1.54, 1.807) is 31.6 Å². The minimum atomic E-state index is -0.359. The number of amides is 1. The monoisotopic (exact) mass is 404 g/mol. The van der Waals surface area contributed by atoms with Crippen molar-refractivity contribution in [1.29, 1.82) is 5.26 Å². The molecule has 1 aromatic heterocycles. The summed E-state index contributed by atoms with van der Waals surface area (Å²) in [5.74, 6) is 1.37. The van der Waals surface area contributed by atoms with Crippen LogP contribution < -0.4 is 19.5 Å². The van der Waals surface area contributed by atoms with Crippen LogP contribution in [-0.4, -0.2) is 36.4 Å². The van der Waals surface area contributed by atoms with Gasteiger partial charge in [-0.25, -0.2) is 0 Å². The Morgan fingerprint density at radius 3 is 3.00 bits per heavy atom. The van der Waals surface area contributed by atoms with Gasteiger partial charge in [0.05, 0.1) is 24.9 Å². The molecule has 0 saturated heterocycles. The molecule has 1 atom stereocenters. The molecular weight excluding hydrogens is 384 g/mol. The van der Waals surface area contributed by atoms with Gasteiger partial charge >= 0.3 is 0 Å². The molecule has 0 saturated carbocycles. The molecule has 3 aromatic rings. The van der Waals surface area contributed by atoms with E-state index in [4.69, 9.17) is 19.5 Å². The van der Waals surface area contributed by atoms with Crippen molar-refractivity contribution in [3.05, 3.63) is 54.4 Å². The molecule has 8 heteroatoms. The Morgan fingerprint density at radius 2 is 2.23 bits per heavy atom. The van der Waals surface area contributed by atoms with E-state index < -0.39 is 0 Å². The molecule has 0 fully saturated rings. The maximum Gasteiger partial charge on any atom is 0.231 e. The van der Waals surface area contributed by atoms with Gasteiger partial charge in [-0.05, 0) is 47.9 Å². The molecule has 0 radical (unpaired) electrons. The molecule has 0 bridgehead atoms. The predicted octanol–water partition coefficient (Wildman–Crippen LogP) is 3.18. The van der Waals surface area contributed by atoms with E-state index in [1.165, 1.54) is 0 Å². The van der Waals surface area contributed by atoms with Crippen LogP contribution in [0.5, 0.6) is 17.2 Å². The Labute approximate surface area is 173 Å². The third kappa shape index (κ3) is 4.05.